The number of hydrogen-bond acceptors (Lipinski definition) is 2. The Morgan fingerprint density at radius 2 is 2.31 bits per heavy atom. The van der Waals surface area contributed by atoms with Crippen LogP contribution in [0.4, 0.5) is 4.39 Å². The molecule has 3 heteroatoms. The standard InChI is InChI=1S/C10H9FO2/c1-3-8-5-4-6-9(11)10(8)13-7(2)12/h3-6H,1H2,2H3. The topological polar surface area (TPSA) is 26.3 Å². The van der Waals surface area contributed by atoms with Crippen molar-refractivity contribution in [2.45, 2.75) is 6.92 Å². The molecule has 0 radical (unpaired) electrons. The van der Waals surface area contributed by atoms with Gasteiger partial charge < -0.3 is 4.74 Å². The van der Waals surface area contributed by atoms with E-state index in [4.69, 9.17) is 0 Å². The Kier molecular flexibility index (Phi) is 2.80. The summed E-state index contributed by atoms with van der Waals surface area (Å²) in [6, 6.07) is 4.37. The Balaban J connectivity index is 3.14. The van der Waals surface area contributed by atoms with Crippen molar-refractivity contribution in [3.63, 3.8) is 0 Å². The fourth-order valence-electron chi connectivity index (χ4n) is 0.938. The van der Waals surface area contributed by atoms with Crippen LogP contribution >= 0.6 is 0 Å². The van der Waals surface area contributed by atoms with E-state index in [-0.39, 0.29) is 5.75 Å². The van der Waals surface area contributed by atoms with E-state index in [9.17, 15) is 9.18 Å². The van der Waals surface area contributed by atoms with Crippen molar-refractivity contribution in [1.82, 2.24) is 0 Å². The Morgan fingerprint density at radius 3 is 2.85 bits per heavy atom. The largest absolute Gasteiger partial charge is 0.423 e. The van der Waals surface area contributed by atoms with Gasteiger partial charge in [-0.25, -0.2) is 4.39 Å². The van der Waals surface area contributed by atoms with E-state index in [0.29, 0.717) is 5.56 Å². The summed E-state index contributed by atoms with van der Waals surface area (Å²) in [5.41, 5.74) is 0.468. The highest BCUT2D eigenvalue weighted by Crippen LogP contribution is 2.23. The lowest BCUT2D eigenvalue weighted by atomic mass is 10.2. The minimum absolute atomic E-state index is 0.0648. The number of rotatable bonds is 2. The predicted molar refractivity (Wildman–Crippen MR) is 47.8 cm³/mol. The van der Waals surface area contributed by atoms with Crippen molar-refractivity contribution in [2.75, 3.05) is 0 Å². The van der Waals surface area contributed by atoms with E-state index in [2.05, 4.69) is 11.3 Å². The van der Waals surface area contributed by atoms with Gasteiger partial charge in [-0.05, 0) is 6.07 Å². The molecule has 1 aromatic rings. The quantitative estimate of drug-likeness (QED) is 0.516. The summed E-state index contributed by atoms with van der Waals surface area (Å²) < 4.78 is 17.8. The summed E-state index contributed by atoms with van der Waals surface area (Å²) in [7, 11) is 0. The molecule has 2 nitrogen and oxygen atoms in total. The van der Waals surface area contributed by atoms with Crippen LogP contribution in [-0.4, -0.2) is 5.97 Å². The summed E-state index contributed by atoms with van der Waals surface area (Å²) in [5, 5.41) is 0. The molecule has 0 N–H and O–H groups in total. The van der Waals surface area contributed by atoms with Crippen molar-refractivity contribution >= 4 is 12.0 Å². The molecule has 0 atom stereocenters. The van der Waals surface area contributed by atoms with Gasteiger partial charge in [-0.15, -0.1) is 0 Å². The van der Waals surface area contributed by atoms with Crippen LogP contribution < -0.4 is 4.74 Å². The lowest BCUT2D eigenvalue weighted by molar-refractivity contribution is -0.132. The van der Waals surface area contributed by atoms with E-state index >= 15 is 0 Å². The number of carbonyl (C=O) groups is 1. The van der Waals surface area contributed by atoms with Crippen LogP contribution in [0.1, 0.15) is 12.5 Å². The monoisotopic (exact) mass is 180 g/mol. The summed E-state index contributed by atoms with van der Waals surface area (Å²) in [6.07, 6.45) is 1.43. The third kappa shape index (κ3) is 2.15. The van der Waals surface area contributed by atoms with Gasteiger partial charge in [0.05, 0.1) is 0 Å². The maximum absolute atomic E-state index is 13.1. The molecule has 13 heavy (non-hydrogen) atoms. The summed E-state index contributed by atoms with van der Waals surface area (Å²) in [6.45, 7) is 4.70. The Hall–Kier alpha value is -1.64. The normalized spacial score (nSPS) is 9.38. The van der Waals surface area contributed by atoms with Gasteiger partial charge >= 0.3 is 5.97 Å². The first kappa shape index (κ1) is 9.45. The van der Waals surface area contributed by atoms with Gasteiger partial charge in [0.25, 0.3) is 0 Å². The summed E-state index contributed by atoms with van der Waals surface area (Å²) >= 11 is 0. The predicted octanol–water partition coefficient (Wildman–Crippen LogP) is 2.39. The number of esters is 1. The number of ether oxygens (including phenoxy) is 1. The van der Waals surface area contributed by atoms with Crippen molar-refractivity contribution in [3.8, 4) is 5.75 Å². The van der Waals surface area contributed by atoms with Gasteiger partial charge in [-0.2, -0.15) is 0 Å². The highest BCUT2D eigenvalue weighted by Gasteiger charge is 2.08. The molecule has 68 valence electrons. The zero-order chi connectivity index (χ0) is 9.84. The minimum atomic E-state index is -0.562. The third-order valence-electron chi connectivity index (χ3n) is 1.46. The molecule has 0 heterocycles. The molecule has 0 unspecified atom stereocenters. The van der Waals surface area contributed by atoms with Crippen molar-refractivity contribution in [1.29, 1.82) is 0 Å². The maximum Gasteiger partial charge on any atom is 0.308 e. The molecule has 0 saturated carbocycles. The van der Waals surface area contributed by atoms with Crippen molar-refractivity contribution < 1.29 is 13.9 Å². The average Bonchev–Trinajstić information content (AvgIpc) is 2.08. The van der Waals surface area contributed by atoms with Gasteiger partial charge in [0, 0.05) is 12.5 Å². The van der Waals surface area contributed by atoms with Crippen LogP contribution in [0.2, 0.25) is 0 Å². The molecular formula is C10H9FO2. The number of carbonyl (C=O) groups excluding carboxylic acids is 1. The second-order valence-electron chi connectivity index (χ2n) is 2.46. The molecule has 0 aliphatic heterocycles. The lowest BCUT2D eigenvalue weighted by Crippen LogP contribution is -2.04. The second kappa shape index (κ2) is 3.85. The number of hydrogen-bond donors (Lipinski definition) is 0. The van der Waals surface area contributed by atoms with Crippen molar-refractivity contribution in [2.24, 2.45) is 0 Å². The third-order valence-corrected chi connectivity index (χ3v) is 1.46. The Labute approximate surface area is 75.6 Å². The van der Waals surface area contributed by atoms with E-state index in [1.165, 1.54) is 25.1 Å². The fourth-order valence-corrected chi connectivity index (χ4v) is 0.938. The van der Waals surface area contributed by atoms with E-state index in [0.717, 1.165) is 0 Å². The van der Waals surface area contributed by atoms with Gasteiger partial charge in [-0.1, -0.05) is 24.8 Å². The van der Waals surface area contributed by atoms with E-state index in [1.54, 1.807) is 6.07 Å². The molecule has 0 bridgehead atoms. The highest BCUT2D eigenvalue weighted by atomic mass is 19.1. The molecule has 0 amide bonds. The molecule has 1 aromatic carbocycles. The SMILES string of the molecule is C=Cc1cccc(F)c1OC(C)=O. The van der Waals surface area contributed by atoms with E-state index in [1.807, 2.05) is 0 Å². The molecule has 0 fully saturated rings. The molecule has 0 aliphatic carbocycles. The Morgan fingerprint density at radius 1 is 1.62 bits per heavy atom. The zero-order valence-electron chi connectivity index (χ0n) is 7.21. The second-order valence-corrected chi connectivity index (χ2v) is 2.46. The molecular weight excluding hydrogens is 171 g/mol. The molecule has 0 saturated heterocycles. The molecule has 0 aliphatic rings. The highest BCUT2D eigenvalue weighted by molar-refractivity contribution is 5.71. The number of benzene rings is 1. The van der Waals surface area contributed by atoms with Crippen LogP contribution in [0.3, 0.4) is 0 Å². The van der Waals surface area contributed by atoms with Gasteiger partial charge in [-0.3, -0.25) is 4.79 Å². The maximum atomic E-state index is 13.1. The van der Waals surface area contributed by atoms with Crippen LogP contribution in [0.25, 0.3) is 6.08 Å². The van der Waals surface area contributed by atoms with Gasteiger partial charge in [0.2, 0.25) is 0 Å². The van der Waals surface area contributed by atoms with Crippen LogP contribution in [-0.2, 0) is 4.79 Å². The Bertz CT molecular complexity index is 345. The number of para-hydroxylation sites is 1. The number of halogens is 1. The van der Waals surface area contributed by atoms with Crippen LogP contribution in [0.5, 0.6) is 5.75 Å². The van der Waals surface area contributed by atoms with Crippen LogP contribution in [0, 0.1) is 5.82 Å². The van der Waals surface area contributed by atoms with Crippen LogP contribution in [0.15, 0.2) is 24.8 Å². The first-order valence-electron chi connectivity index (χ1n) is 3.74. The van der Waals surface area contributed by atoms with Gasteiger partial charge in [0.15, 0.2) is 11.6 Å². The first-order chi connectivity index (χ1) is 6.15. The minimum Gasteiger partial charge on any atom is -0.423 e. The van der Waals surface area contributed by atoms with Gasteiger partial charge in [0.1, 0.15) is 0 Å². The first-order valence-corrected chi connectivity index (χ1v) is 3.74. The fraction of sp³-hybridized carbons (Fsp3) is 0.100. The zero-order valence-corrected chi connectivity index (χ0v) is 7.21. The smallest absolute Gasteiger partial charge is 0.308 e. The lowest BCUT2D eigenvalue weighted by Gasteiger charge is -2.05. The molecule has 0 aromatic heterocycles. The van der Waals surface area contributed by atoms with E-state index < -0.39 is 11.8 Å². The molecule has 1 rings (SSSR count). The summed E-state index contributed by atoms with van der Waals surface area (Å²) in [4.78, 5) is 10.6. The average molecular weight is 180 g/mol. The molecule has 0 spiro atoms. The summed E-state index contributed by atoms with van der Waals surface area (Å²) in [5.74, 6) is -1.18. The van der Waals surface area contributed by atoms with Crippen molar-refractivity contribution in [3.05, 3.63) is 36.2 Å².